The van der Waals surface area contributed by atoms with Crippen molar-refractivity contribution in [3.05, 3.63) is 22.9 Å². The summed E-state index contributed by atoms with van der Waals surface area (Å²) >= 11 is 0. The normalized spacial score (nSPS) is 29.1. The van der Waals surface area contributed by atoms with Crippen LogP contribution in [0.25, 0.3) is 11.2 Å². The number of hydrogen-bond acceptors (Lipinski definition) is 9. The van der Waals surface area contributed by atoms with Gasteiger partial charge in [0.15, 0.2) is 17.7 Å². The molecule has 2 aromatic rings. The van der Waals surface area contributed by atoms with Gasteiger partial charge in [0, 0.05) is 12.4 Å². The second-order valence-electron chi connectivity index (χ2n) is 4.61. The van der Waals surface area contributed by atoms with Crippen LogP contribution in [0.2, 0.25) is 0 Å². The van der Waals surface area contributed by atoms with E-state index in [2.05, 4.69) is 15.0 Å². The fourth-order valence-corrected chi connectivity index (χ4v) is 2.31. The molecule has 0 bridgehead atoms. The first-order valence-corrected chi connectivity index (χ1v) is 6.15. The van der Waals surface area contributed by atoms with E-state index in [-0.39, 0.29) is 17.0 Å². The van der Waals surface area contributed by atoms with E-state index in [0.717, 1.165) is 4.57 Å². The van der Waals surface area contributed by atoms with E-state index < -0.39 is 36.8 Å². The highest BCUT2D eigenvalue weighted by atomic mass is 16.6. The summed E-state index contributed by atoms with van der Waals surface area (Å²) in [6.45, 7) is -0.504. The highest BCUT2D eigenvalue weighted by Gasteiger charge is 2.44. The summed E-state index contributed by atoms with van der Waals surface area (Å²) in [4.78, 5) is 23.6. The maximum absolute atomic E-state index is 12.1. The number of nitrogens with two attached hydrogens (primary N) is 1. The van der Waals surface area contributed by atoms with Gasteiger partial charge in [-0.15, -0.1) is 0 Å². The molecule has 0 amide bonds. The first-order valence-electron chi connectivity index (χ1n) is 6.15. The molecule has 1 aliphatic rings. The van der Waals surface area contributed by atoms with Crippen LogP contribution in [0.3, 0.4) is 0 Å². The van der Waals surface area contributed by atoms with Crippen molar-refractivity contribution >= 4 is 17.0 Å². The summed E-state index contributed by atoms with van der Waals surface area (Å²) in [5.74, 6) is -0.0916. The zero-order chi connectivity index (χ0) is 15.1. The van der Waals surface area contributed by atoms with Gasteiger partial charge < -0.3 is 25.8 Å². The van der Waals surface area contributed by atoms with E-state index in [1.165, 1.54) is 12.4 Å². The molecule has 2 aromatic heterocycles. The minimum absolute atomic E-state index is 0.0739. The van der Waals surface area contributed by atoms with E-state index >= 15 is 0 Å². The Kier molecular flexibility index (Phi) is 3.29. The molecule has 10 nitrogen and oxygen atoms in total. The Bertz CT molecular complexity index is 735. The standard InChI is InChI=1S/C11H13N5O5/c12-8-5-9(14-2-1-13-5)16(11(20)15-8)10-7(19)6(18)4(3-17)21-10/h1-2,4,6-7,10,17-19H,3H2,(H2,12,15,20)/t4-,6-,7-,10-/m1/s1. The van der Waals surface area contributed by atoms with Crippen LogP contribution in [0.4, 0.5) is 5.82 Å². The van der Waals surface area contributed by atoms with E-state index in [1.54, 1.807) is 0 Å². The zero-order valence-corrected chi connectivity index (χ0v) is 10.7. The summed E-state index contributed by atoms with van der Waals surface area (Å²) in [7, 11) is 0. The van der Waals surface area contributed by atoms with E-state index in [4.69, 9.17) is 15.6 Å². The van der Waals surface area contributed by atoms with Crippen LogP contribution in [0.15, 0.2) is 17.2 Å². The monoisotopic (exact) mass is 295 g/mol. The first kappa shape index (κ1) is 13.8. The van der Waals surface area contributed by atoms with Crippen LogP contribution in [0.5, 0.6) is 0 Å². The van der Waals surface area contributed by atoms with Gasteiger partial charge in [-0.2, -0.15) is 4.98 Å². The number of fused-ring (bicyclic) bond motifs is 1. The van der Waals surface area contributed by atoms with Crippen LogP contribution in [0.1, 0.15) is 6.23 Å². The van der Waals surface area contributed by atoms with Gasteiger partial charge in [-0.25, -0.2) is 19.3 Å². The van der Waals surface area contributed by atoms with Gasteiger partial charge in [-0.3, -0.25) is 0 Å². The summed E-state index contributed by atoms with van der Waals surface area (Å²) in [5.41, 5.74) is 5.07. The van der Waals surface area contributed by atoms with Crippen LogP contribution in [-0.2, 0) is 4.74 Å². The Balaban J connectivity index is 2.20. The molecule has 4 atom stereocenters. The highest BCUT2D eigenvalue weighted by molar-refractivity contribution is 5.80. The molecule has 10 heteroatoms. The minimum Gasteiger partial charge on any atom is -0.394 e. The Morgan fingerprint density at radius 3 is 2.67 bits per heavy atom. The van der Waals surface area contributed by atoms with Crippen molar-refractivity contribution in [1.29, 1.82) is 0 Å². The summed E-state index contributed by atoms with van der Waals surface area (Å²) in [6.07, 6.45) is -2.28. The average molecular weight is 295 g/mol. The summed E-state index contributed by atoms with van der Waals surface area (Å²) < 4.78 is 6.27. The average Bonchev–Trinajstić information content (AvgIpc) is 2.75. The SMILES string of the molecule is Nc1nc(=O)n([C@@H]2O[C@H](CO)[C@@H](O)[C@H]2O)c2nccnc12. The lowest BCUT2D eigenvalue weighted by Crippen LogP contribution is -2.36. The first-order chi connectivity index (χ1) is 10.0. The molecule has 1 aliphatic heterocycles. The molecular formula is C11H13N5O5. The predicted molar refractivity (Wildman–Crippen MR) is 69.0 cm³/mol. The van der Waals surface area contributed by atoms with Crippen LogP contribution < -0.4 is 11.4 Å². The summed E-state index contributed by atoms with van der Waals surface area (Å²) in [5, 5.41) is 28.9. The van der Waals surface area contributed by atoms with Gasteiger partial charge in [0.1, 0.15) is 23.8 Å². The third-order valence-corrected chi connectivity index (χ3v) is 3.34. The molecule has 3 rings (SSSR count). The Morgan fingerprint density at radius 1 is 1.29 bits per heavy atom. The van der Waals surface area contributed by atoms with Gasteiger partial charge in [0.25, 0.3) is 0 Å². The molecule has 0 aliphatic carbocycles. The number of aliphatic hydroxyl groups excluding tert-OH is 3. The molecule has 0 spiro atoms. The Labute approximate surface area is 117 Å². The van der Waals surface area contributed by atoms with Crippen molar-refractivity contribution in [3.63, 3.8) is 0 Å². The van der Waals surface area contributed by atoms with E-state index in [9.17, 15) is 15.0 Å². The van der Waals surface area contributed by atoms with Crippen LogP contribution in [-0.4, -0.2) is 59.8 Å². The summed E-state index contributed by atoms with van der Waals surface area (Å²) in [6, 6.07) is 0. The fourth-order valence-electron chi connectivity index (χ4n) is 2.31. The molecule has 0 radical (unpaired) electrons. The minimum atomic E-state index is -1.42. The number of hydrogen-bond donors (Lipinski definition) is 4. The van der Waals surface area contributed by atoms with Crippen LogP contribution in [0, 0.1) is 0 Å². The number of anilines is 1. The smallest absolute Gasteiger partial charge is 0.353 e. The Hall–Kier alpha value is -2.14. The molecule has 112 valence electrons. The second kappa shape index (κ2) is 5.00. The number of ether oxygens (including phenoxy) is 1. The van der Waals surface area contributed by atoms with Gasteiger partial charge in [0.05, 0.1) is 6.61 Å². The van der Waals surface area contributed by atoms with Crippen molar-refractivity contribution in [1.82, 2.24) is 19.5 Å². The third kappa shape index (κ3) is 2.05. The molecule has 1 fully saturated rings. The molecule has 1 saturated heterocycles. The molecule has 3 heterocycles. The van der Waals surface area contributed by atoms with Gasteiger partial charge in [-0.1, -0.05) is 0 Å². The van der Waals surface area contributed by atoms with Gasteiger partial charge in [-0.05, 0) is 0 Å². The highest BCUT2D eigenvalue weighted by Crippen LogP contribution is 2.30. The topological polar surface area (TPSA) is 157 Å². The zero-order valence-electron chi connectivity index (χ0n) is 10.7. The number of aromatic nitrogens is 4. The Morgan fingerprint density at radius 2 is 2.00 bits per heavy atom. The van der Waals surface area contributed by atoms with Crippen LogP contribution >= 0.6 is 0 Å². The molecule has 0 unspecified atom stereocenters. The van der Waals surface area contributed by atoms with Gasteiger partial charge in [0.2, 0.25) is 0 Å². The third-order valence-electron chi connectivity index (χ3n) is 3.34. The molecule has 0 aromatic carbocycles. The van der Waals surface area contributed by atoms with Gasteiger partial charge >= 0.3 is 5.69 Å². The predicted octanol–water partition coefficient (Wildman–Crippen LogP) is -2.62. The number of nitrogens with zero attached hydrogens (tertiary/aromatic N) is 4. The molecule has 0 saturated carbocycles. The number of nitrogen functional groups attached to an aromatic ring is 1. The molecule has 21 heavy (non-hydrogen) atoms. The molecule has 5 N–H and O–H groups in total. The number of rotatable bonds is 2. The lowest BCUT2D eigenvalue weighted by Gasteiger charge is -2.18. The van der Waals surface area contributed by atoms with E-state index in [0.29, 0.717) is 0 Å². The van der Waals surface area contributed by atoms with Crippen molar-refractivity contribution in [2.45, 2.75) is 24.5 Å². The molecular weight excluding hydrogens is 282 g/mol. The van der Waals surface area contributed by atoms with Crippen molar-refractivity contribution < 1.29 is 20.1 Å². The maximum atomic E-state index is 12.1. The van der Waals surface area contributed by atoms with Crippen molar-refractivity contribution in [2.24, 2.45) is 0 Å². The van der Waals surface area contributed by atoms with Crippen molar-refractivity contribution in [3.8, 4) is 0 Å². The van der Waals surface area contributed by atoms with Crippen molar-refractivity contribution in [2.75, 3.05) is 12.3 Å². The maximum Gasteiger partial charge on any atom is 0.353 e. The quantitative estimate of drug-likeness (QED) is 0.465. The fraction of sp³-hybridized carbons (Fsp3) is 0.455. The number of aliphatic hydroxyl groups is 3. The largest absolute Gasteiger partial charge is 0.394 e. The van der Waals surface area contributed by atoms with E-state index in [1.807, 2.05) is 0 Å². The lowest BCUT2D eigenvalue weighted by atomic mass is 10.1. The second-order valence-corrected chi connectivity index (χ2v) is 4.61. The lowest BCUT2D eigenvalue weighted by molar-refractivity contribution is -0.0529.